The van der Waals surface area contributed by atoms with Gasteiger partial charge in [-0.2, -0.15) is 0 Å². The van der Waals surface area contributed by atoms with Gasteiger partial charge in [0.25, 0.3) is 11.6 Å². The van der Waals surface area contributed by atoms with Crippen LogP contribution in [0.25, 0.3) is 0 Å². The summed E-state index contributed by atoms with van der Waals surface area (Å²) < 4.78 is 5.05. The molecule has 0 aliphatic rings. The van der Waals surface area contributed by atoms with Gasteiger partial charge >= 0.3 is 5.97 Å². The Labute approximate surface area is 163 Å². The predicted molar refractivity (Wildman–Crippen MR) is 105 cm³/mol. The highest BCUT2D eigenvalue weighted by Gasteiger charge is 2.19. The number of hydrogen-bond donors (Lipinski definition) is 2. The van der Waals surface area contributed by atoms with Crippen LogP contribution in [0.3, 0.4) is 0 Å². The third-order valence-corrected chi connectivity index (χ3v) is 4.26. The summed E-state index contributed by atoms with van der Waals surface area (Å²) in [5, 5.41) is 16.5. The van der Waals surface area contributed by atoms with Crippen LogP contribution in [-0.2, 0) is 9.53 Å². The van der Waals surface area contributed by atoms with E-state index in [9.17, 15) is 19.7 Å². The maximum Gasteiger partial charge on any atom is 0.341 e. The van der Waals surface area contributed by atoms with Crippen molar-refractivity contribution in [3.63, 3.8) is 0 Å². The Kier molecular flexibility index (Phi) is 7.08. The van der Waals surface area contributed by atoms with Crippen molar-refractivity contribution in [2.45, 2.75) is 26.3 Å². The highest BCUT2D eigenvalue weighted by Crippen LogP contribution is 2.23. The van der Waals surface area contributed by atoms with E-state index in [1.165, 1.54) is 12.1 Å². The van der Waals surface area contributed by atoms with E-state index >= 15 is 0 Å². The minimum absolute atomic E-state index is 0.00456. The number of nitro benzene ring substituents is 1. The zero-order valence-corrected chi connectivity index (χ0v) is 16.0. The van der Waals surface area contributed by atoms with Crippen LogP contribution in [0, 0.1) is 17.0 Å². The number of anilines is 1. The van der Waals surface area contributed by atoms with Gasteiger partial charge in [-0.25, -0.2) is 4.79 Å². The number of nitro groups is 1. The Hall–Kier alpha value is -3.42. The van der Waals surface area contributed by atoms with E-state index in [0.29, 0.717) is 12.1 Å². The Morgan fingerprint density at radius 3 is 2.43 bits per heavy atom. The number of carbonyl (C=O) groups is 2. The quantitative estimate of drug-likeness (QED) is 0.409. The van der Waals surface area contributed by atoms with E-state index in [1.54, 1.807) is 7.05 Å². The molecule has 0 aliphatic carbocycles. The third-order valence-electron chi connectivity index (χ3n) is 4.26. The summed E-state index contributed by atoms with van der Waals surface area (Å²) in [7, 11) is 1.58. The fraction of sp³-hybridized carbons (Fsp3) is 0.300. The first-order valence-corrected chi connectivity index (χ1v) is 8.85. The van der Waals surface area contributed by atoms with Gasteiger partial charge in [-0.05, 0) is 25.0 Å². The number of nitrogens with zero attached hydrogens (tertiary/aromatic N) is 1. The number of aryl methyl sites for hydroxylation is 1. The molecule has 0 bridgehead atoms. The molecule has 0 spiro atoms. The summed E-state index contributed by atoms with van der Waals surface area (Å²) in [6, 6.07) is 11.4. The van der Waals surface area contributed by atoms with E-state index in [1.807, 2.05) is 38.1 Å². The average molecular weight is 385 g/mol. The van der Waals surface area contributed by atoms with Gasteiger partial charge in [0.2, 0.25) is 0 Å². The van der Waals surface area contributed by atoms with Crippen LogP contribution >= 0.6 is 0 Å². The molecule has 2 aromatic rings. The number of esters is 1. The molecule has 8 heteroatoms. The topological polar surface area (TPSA) is 111 Å². The van der Waals surface area contributed by atoms with Gasteiger partial charge in [0, 0.05) is 24.9 Å². The molecular weight excluding hydrogens is 362 g/mol. The van der Waals surface area contributed by atoms with Crippen LogP contribution in [0.1, 0.15) is 40.9 Å². The number of hydrogen-bond acceptors (Lipinski definition) is 6. The molecule has 0 unspecified atom stereocenters. The molecular formula is C20H23N3O5. The molecule has 0 radical (unpaired) electrons. The SMILES string of the molecule is CC[C@@H](NC(=O)COC(=O)c1cc([N+](=O)[O-])ccc1NC)c1ccc(C)cc1. The lowest BCUT2D eigenvalue weighted by molar-refractivity contribution is -0.384. The molecule has 0 heterocycles. The van der Waals surface area contributed by atoms with Gasteiger partial charge < -0.3 is 15.4 Å². The molecule has 2 aromatic carbocycles. The number of non-ortho nitro benzene ring substituents is 1. The smallest absolute Gasteiger partial charge is 0.341 e. The van der Waals surface area contributed by atoms with Crippen LogP contribution in [0.5, 0.6) is 0 Å². The van der Waals surface area contributed by atoms with Crippen LogP contribution in [0.15, 0.2) is 42.5 Å². The summed E-state index contributed by atoms with van der Waals surface area (Å²) in [6.07, 6.45) is 0.678. The van der Waals surface area contributed by atoms with Crippen LogP contribution in [-0.4, -0.2) is 30.5 Å². The normalized spacial score (nSPS) is 11.4. The highest BCUT2D eigenvalue weighted by atomic mass is 16.6. The highest BCUT2D eigenvalue weighted by molar-refractivity contribution is 5.97. The van der Waals surface area contributed by atoms with Crippen molar-refractivity contribution in [2.75, 3.05) is 19.0 Å². The van der Waals surface area contributed by atoms with E-state index < -0.39 is 23.4 Å². The Balaban J connectivity index is 2.01. The molecule has 8 nitrogen and oxygen atoms in total. The van der Waals surface area contributed by atoms with Crippen molar-refractivity contribution in [3.05, 3.63) is 69.3 Å². The van der Waals surface area contributed by atoms with E-state index in [0.717, 1.165) is 17.2 Å². The molecule has 0 aromatic heterocycles. The minimum Gasteiger partial charge on any atom is -0.452 e. The van der Waals surface area contributed by atoms with Gasteiger partial charge in [-0.15, -0.1) is 0 Å². The molecule has 1 amide bonds. The summed E-state index contributed by atoms with van der Waals surface area (Å²) in [6.45, 7) is 3.45. The monoisotopic (exact) mass is 385 g/mol. The second kappa shape index (κ2) is 9.50. The maximum atomic E-state index is 12.3. The molecule has 2 rings (SSSR count). The first-order chi connectivity index (χ1) is 13.3. The number of benzene rings is 2. The molecule has 1 atom stereocenters. The number of rotatable bonds is 8. The molecule has 0 saturated heterocycles. The average Bonchev–Trinajstić information content (AvgIpc) is 2.70. The lowest BCUT2D eigenvalue weighted by Gasteiger charge is -2.18. The predicted octanol–water partition coefficient (Wildman–Crippen LogP) is 3.37. The molecule has 28 heavy (non-hydrogen) atoms. The molecule has 2 N–H and O–H groups in total. The number of nitrogens with one attached hydrogen (secondary N) is 2. The number of carbonyl (C=O) groups excluding carboxylic acids is 2. The standard InChI is InChI=1S/C20H23N3O5/c1-4-17(14-7-5-13(2)6-8-14)22-19(24)12-28-20(25)16-11-15(23(26)27)9-10-18(16)21-3/h5-11,17,21H,4,12H2,1-3H3,(H,22,24)/t17-/m1/s1. The summed E-state index contributed by atoms with van der Waals surface area (Å²) in [4.78, 5) is 34.8. The Morgan fingerprint density at radius 2 is 1.86 bits per heavy atom. The van der Waals surface area contributed by atoms with Gasteiger partial charge in [0.1, 0.15) is 0 Å². The first-order valence-electron chi connectivity index (χ1n) is 8.85. The lowest BCUT2D eigenvalue weighted by atomic mass is 10.0. The zero-order chi connectivity index (χ0) is 20.7. The largest absolute Gasteiger partial charge is 0.452 e. The lowest BCUT2D eigenvalue weighted by Crippen LogP contribution is -2.32. The van der Waals surface area contributed by atoms with Crippen molar-refractivity contribution in [1.29, 1.82) is 0 Å². The molecule has 0 aliphatic heterocycles. The molecule has 0 saturated carbocycles. The van der Waals surface area contributed by atoms with Crippen molar-refractivity contribution < 1.29 is 19.2 Å². The maximum absolute atomic E-state index is 12.3. The Bertz CT molecular complexity index is 865. The second-order valence-electron chi connectivity index (χ2n) is 6.25. The van der Waals surface area contributed by atoms with Crippen molar-refractivity contribution in [3.8, 4) is 0 Å². The van der Waals surface area contributed by atoms with Gasteiger partial charge in [-0.3, -0.25) is 14.9 Å². The second-order valence-corrected chi connectivity index (χ2v) is 6.25. The van der Waals surface area contributed by atoms with Crippen LogP contribution < -0.4 is 10.6 Å². The number of amides is 1. The first kappa shape index (κ1) is 20.9. The zero-order valence-electron chi connectivity index (χ0n) is 16.0. The van der Waals surface area contributed by atoms with Gasteiger partial charge in [-0.1, -0.05) is 36.8 Å². The van der Waals surface area contributed by atoms with Crippen molar-refractivity contribution >= 4 is 23.3 Å². The fourth-order valence-electron chi connectivity index (χ4n) is 2.70. The van der Waals surface area contributed by atoms with Gasteiger partial charge in [0.15, 0.2) is 6.61 Å². The minimum atomic E-state index is -0.813. The van der Waals surface area contributed by atoms with Crippen molar-refractivity contribution in [2.24, 2.45) is 0 Å². The van der Waals surface area contributed by atoms with E-state index in [-0.39, 0.29) is 17.3 Å². The third kappa shape index (κ3) is 5.29. The van der Waals surface area contributed by atoms with Crippen LogP contribution in [0.2, 0.25) is 0 Å². The van der Waals surface area contributed by atoms with Crippen LogP contribution in [0.4, 0.5) is 11.4 Å². The summed E-state index contributed by atoms with van der Waals surface area (Å²) in [5.41, 5.74) is 2.22. The summed E-state index contributed by atoms with van der Waals surface area (Å²) in [5.74, 6) is -1.26. The Morgan fingerprint density at radius 1 is 1.18 bits per heavy atom. The molecule has 0 fully saturated rings. The number of ether oxygens (including phenoxy) is 1. The fourth-order valence-corrected chi connectivity index (χ4v) is 2.70. The van der Waals surface area contributed by atoms with Crippen molar-refractivity contribution in [1.82, 2.24) is 5.32 Å². The van der Waals surface area contributed by atoms with E-state index in [2.05, 4.69) is 10.6 Å². The van der Waals surface area contributed by atoms with Gasteiger partial charge in [0.05, 0.1) is 16.5 Å². The van der Waals surface area contributed by atoms with E-state index in [4.69, 9.17) is 4.74 Å². The molecule has 148 valence electrons. The summed E-state index contributed by atoms with van der Waals surface area (Å²) >= 11 is 0.